The first kappa shape index (κ1) is 14.7. The molecule has 1 N–H and O–H groups in total. The largest absolute Gasteiger partial charge is 0.379 e. The number of benzene rings is 2. The molecule has 0 aliphatic carbocycles. The van der Waals surface area contributed by atoms with Crippen LogP contribution >= 0.6 is 0 Å². The molecule has 108 valence electrons. The number of hydrogen-bond acceptors (Lipinski definition) is 5. The number of hydrogen-bond donors (Lipinski definition) is 1. The molecule has 2 aromatic carbocycles. The molecule has 21 heavy (non-hydrogen) atoms. The maximum absolute atomic E-state index is 11.5. The van der Waals surface area contributed by atoms with E-state index in [0.717, 1.165) is 5.56 Å². The van der Waals surface area contributed by atoms with Crippen molar-refractivity contribution >= 4 is 11.7 Å². The predicted octanol–water partition coefficient (Wildman–Crippen LogP) is 3.38. The highest BCUT2D eigenvalue weighted by molar-refractivity contribution is 5.94. The summed E-state index contributed by atoms with van der Waals surface area (Å²) in [5.41, 5.74) is 0.639. The third-order valence-electron chi connectivity index (χ3n) is 3.32. The van der Waals surface area contributed by atoms with Gasteiger partial charge in [0, 0.05) is 11.5 Å². The number of carbonyl (C=O) groups is 1. The van der Waals surface area contributed by atoms with Gasteiger partial charge in [-0.2, -0.15) is 5.26 Å². The van der Waals surface area contributed by atoms with E-state index in [2.05, 4.69) is 4.89 Å². The average molecular weight is 287 g/mol. The predicted molar refractivity (Wildman–Crippen MR) is 75.1 cm³/mol. The lowest BCUT2D eigenvalue weighted by Gasteiger charge is -2.13. The first-order valence-corrected chi connectivity index (χ1v) is 6.24. The number of nitro groups is 1. The standard InChI is InChI=1S/C15H13NO5/c1-10(11-6-3-2-4-7-11)12-8-5-9-13(15(17)21-20)14(12)16(18)19/h2-10,20H,1H3. The topological polar surface area (TPSA) is 89.7 Å². The van der Waals surface area contributed by atoms with Gasteiger partial charge >= 0.3 is 5.97 Å². The van der Waals surface area contributed by atoms with Gasteiger partial charge in [0.15, 0.2) is 0 Å². The van der Waals surface area contributed by atoms with Crippen LogP contribution in [0.25, 0.3) is 0 Å². The number of nitro benzene ring substituents is 1. The van der Waals surface area contributed by atoms with E-state index in [4.69, 9.17) is 5.26 Å². The van der Waals surface area contributed by atoms with Crippen molar-refractivity contribution in [3.63, 3.8) is 0 Å². The summed E-state index contributed by atoms with van der Waals surface area (Å²) in [4.78, 5) is 25.8. The van der Waals surface area contributed by atoms with Crippen LogP contribution in [0.2, 0.25) is 0 Å². The highest BCUT2D eigenvalue weighted by Crippen LogP contribution is 2.34. The fourth-order valence-electron chi connectivity index (χ4n) is 2.25. The molecule has 2 aromatic rings. The third kappa shape index (κ3) is 2.90. The molecular weight excluding hydrogens is 274 g/mol. The van der Waals surface area contributed by atoms with E-state index >= 15 is 0 Å². The summed E-state index contributed by atoms with van der Waals surface area (Å²) in [6.07, 6.45) is 0. The van der Waals surface area contributed by atoms with Crippen molar-refractivity contribution in [3.05, 3.63) is 75.3 Å². The Bertz CT molecular complexity index is 669. The van der Waals surface area contributed by atoms with Crippen LogP contribution in [0.4, 0.5) is 5.69 Å². The van der Waals surface area contributed by atoms with Crippen molar-refractivity contribution in [2.24, 2.45) is 0 Å². The molecule has 6 nitrogen and oxygen atoms in total. The molecule has 1 atom stereocenters. The van der Waals surface area contributed by atoms with E-state index in [0.29, 0.717) is 5.56 Å². The van der Waals surface area contributed by atoms with Gasteiger partial charge in [-0.05, 0) is 11.6 Å². The van der Waals surface area contributed by atoms with E-state index in [1.165, 1.54) is 12.1 Å². The van der Waals surface area contributed by atoms with Crippen molar-refractivity contribution in [3.8, 4) is 0 Å². The molecule has 0 saturated carbocycles. The monoisotopic (exact) mass is 287 g/mol. The van der Waals surface area contributed by atoms with Crippen molar-refractivity contribution in [2.45, 2.75) is 12.8 Å². The minimum atomic E-state index is -1.15. The Morgan fingerprint density at radius 1 is 1.19 bits per heavy atom. The van der Waals surface area contributed by atoms with Crippen LogP contribution in [0.3, 0.4) is 0 Å². The fourth-order valence-corrected chi connectivity index (χ4v) is 2.25. The summed E-state index contributed by atoms with van der Waals surface area (Å²) in [6, 6.07) is 13.6. The van der Waals surface area contributed by atoms with Gasteiger partial charge in [-0.25, -0.2) is 4.79 Å². The number of para-hydroxylation sites is 1. The zero-order valence-electron chi connectivity index (χ0n) is 11.2. The number of nitrogens with zero attached hydrogens (tertiary/aromatic N) is 1. The molecule has 0 aliphatic heterocycles. The average Bonchev–Trinajstić information content (AvgIpc) is 2.53. The van der Waals surface area contributed by atoms with Crippen molar-refractivity contribution in [1.82, 2.24) is 0 Å². The molecule has 0 saturated heterocycles. The molecule has 0 radical (unpaired) electrons. The van der Waals surface area contributed by atoms with Gasteiger partial charge in [-0.3, -0.25) is 15.0 Å². The highest BCUT2D eigenvalue weighted by Gasteiger charge is 2.28. The molecule has 6 heteroatoms. The molecule has 2 rings (SSSR count). The lowest BCUT2D eigenvalue weighted by Crippen LogP contribution is -2.10. The van der Waals surface area contributed by atoms with Gasteiger partial charge in [0.25, 0.3) is 5.69 Å². The summed E-state index contributed by atoms with van der Waals surface area (Å²) in [6.45, 7) is 1.81. The van der Waals surface area contributed by atoms with Gasteiger partial charge in [-0.1, -0.05) is 49.4 Å². The Kier molecular flexibility index (Phi) is 4.30. The van der Waals surface area contributed by atoms with E-state index in [-0.39, 0.29) is 17.2 Å². The minimum absolute atomic E-state index is 0.275. The minimum Gasteiger partial charge on any atom is -0.295 e. The summed E-state index contributed by atoms with van der Waals surface area (Å²) in [5.74, 6) is -1.43. The van der Waals surface area contributed by atoms with Crippen LogP contribution in [0.1, 0.15) is 34.3 Å². The quantitative estimate of drug-likeness (QED) is 0.529. The highest BCUT2D eigenvalue weighted by atomic mass is 17.1. The van der Waals surface area contributed by atoms with Gasteiger partial charge in [0.05, 0.1) is 4.92 Å². The smallest absolute Gasteiger partial charge is 0.295 e. The Morgan fingerprint density at radius 2 is 1.86 bits per heavy atom. The molecular formula is C15H13NO5. The van der Waals surface area contributed by atoms with Gasteiger partial charge in [-0.15, -0.1) is 0 Å². The Morgan fingerprint density at radius 3 is 2.43 bits per heavy atom. The van der Waals surface area contributed by atoms with E-state index in [1.54, 1.807) is 6.07 Å². The molecule has 0 fully saturated rings. The van der Waals surface area contributed by atoms with Crippen LogP contribution < -0.4 is 0 Å². The SMILES string of the molecule is CC(c1ccccc1)c1cccc(C(=O)OO)c1[N+](=O)[O-]. The second-order valence-corrected chi connectivity index (χ2v) is 4.51. The molecule has 1 unspecified atom stereocenters. The van der Waals surface area contributed by atoms with Crippen LogP contribution in [0, 0.1) is 10.1 Å². The fraction of sp³-hybridized carbons (Fsp3) is 0.133. The van der Waals surface area contributed by atoms with Crippen molar-refractivity contribution in [2.75, 3.05) is 0 Å². The molecule has 0 aromatic heterocycles. The van der Waals surface area contributed by atoms with Crippen LogP contribution in [0.5, 0.6) is 0 Å². The summed E-state index contributed by atoms with van der Waals surface area (Å²) < 4.78 is 0. The number of rotatable bonds is 4. The van der Waals surface area contributed by atoms with Crippen molar-refractivity contribution in [1.29, 1.82) is 0 Å². The molecule has 0 spiro atoms. The molecule has 0 aliphatic rings. The van der Waals surface area contributed by atoms with Crippen molar-refractivity contribution < 1.29 is 19.9 Å². The van der Waals surface area contributed by atoms with E-state index < -0.39 is 10.9 Å². The van der Waals surface area contributed by atoms with E-state index in [1.807, 2.05) is 37.3 Å². The Balaban J connectivity index is 2.58. The Hall–Kier alpha value is -2.73. The first-order chi connectivity index (χ1) is 10.1. The maximum Gasteiger partial charge on any atom is 0.379 e. The van der Waals surface area contributed by atoms with Crippen LogP contribution in [0.15, 0.2) is 48.5 Å². The third-order valence-corrected chi connectivity index (χ3v) is 3.32. The molecule has 0 bridgehead atoms. The van der Waals surface area contributed by atoms with Crippen LogP contribution in [-0.2, 0) is 4.89 Å². The van der Waals surface area contributed by atoms with Gasteiger partial charge < -0.3 is 0 Å². The zero-order chi connectivity index (χ0) is 15.4. The molecule has 0 amide bonds. The van der Waals surface area contributed by atoms with Gasteiger partial charge in [0.1, 0.15) is 5.56 Å². The Labute approximate surface area is 120 Å². The second-order valence-electron chi connectivity index (χ2n) is 4.51. The molecule has 0 heterocycles. The van der Waals surface area contributed by atoms with Gasteiger partial charge in [0.2, 0.25) is 0 Å². The summed E-state index contributed by atoms with van der Waals surface area (Å²) in [5, 5.41) is 19.8. The normalized spacial score (nSPS) is 11.7. The maximum atomic E-state index is 11.5. The lowest BCUT2D eigenvalue weighted by molar-refractivity contribution is -0.386. The summed E-state index contributed by atoms with van der Waals surface area (Å²) in [7, 11) is 0. The van der Waals surface area contributed by atoms with E-state index in [9.17, 15) is 14.9 Å². The first-order valence-electron chi connectivity index (χ1n) is 6.24. The second kappa shape index (κ2) is 6.15. The van der Waals surface area contributed by atoms with Crippen LogP contribution in [-0.4, -0.2) is 16.1 Å². The lowest BCUT2D eigenvalue weighted by atomic mass is 9.90. The summed E-state index contributed by atoms with van der Waals surface area (Å²) >= 11 is 0. The number of carbonyl (C=O) groups excluding carboxylic acids is 1. The zero-order valence-corrected chi connectivity index (χ0v) is 11.2.